The zero-order valence-electron chi connectivity index (χ0n) is 12.7. The number of ether oxygens (including phenoxy) is 2. The lowest BCUT2D eigenvalue weighted by atomic mass is 10.1. The first-order chi connectivity index (χ1) is 9.85. The molecule has 20 heavy (non-hydrogen) atoms. The molecule has 1 aromatic carbocycles. The third-order valence-electron chi connectivity index (χ3n) is 3.90. The molecule has 0 spiro atoms. The minimum absolute atomic E-state index is 0.0841. The highest BCUT2D eigenvalue weighted by Crippen LogP contribution is 2.31. The summed E-state index contributed by atoms with van der Waals surface area (Å²) in [6, 6.07) is 8.20. The van der Waals surface area contributed by atoms with Crippen molar-refractivity contribution >= 4 is 0 Å². The van der Waals surface area contributed by atoms with Crippen molar-refractivity contribution in [1.82, 2.24) is 5.32 Å². The first-order valence-electron chi connectivity index (χ1n) is 7.84. The summed E-state index contributed by atoms with van der Waals surface area (Å²) < 4.78 is 11.8. The predicted octanol–water partition coefficient (Wildman–Crippen LogP) is 3.70. The Balaban J connectivity index is 2.06. The third-order valence-corrected chi connectivity index (χ3v) is 3.90. The van der Waals surface area contributed by atoms with Crippen molar-refractivity contribution in [3.05, 3.63) is 29.8 Å². The maximum absolute atomic E-state index is 6.34. The summed E-state index contributed by atoms with van der Waals surface area (Å²) in [7, 11) is 1.73. The van der Waals surface area contributed by atoms with Crippen LogP contribution in [0.1, 0.15) is 50.7 Å². The van der Waals surface area contributed by atoms with Crippen LogP contribution in [0.25, 0.3) is 0 Å². The van der Waals surface area contributed by atoms with Gasteiger partial charge >= 0.3 is 0 Å². The van der Waals surface area contributed by atoms with Crippen LogP contribution in [0.4, 0.5) is 0 Å². The average molecular weight is 277 g/mol. The Bertz CT molecular complexity index is 388. The van der Waals surface area contributed by atoms with Crippen molar-refractivity contribution in [1.29, 1.82) is 0 Å². The predicted molar refractivity (Wildman–Crippen MR) is 82.2 cm³/mol. The Hall–Kier alpha value is -1.06. The van der Waals surface area contributed by atoms with E-state index in [0.29, 0.717) is 6.10 Å². The largest absolute Gasteiger partial charge is 0.496 e. The molecule has 1 atom stereocenters. The Morgan fingerprint density at radius 3 is 2.70 bits per heavy atom. The Kier molecular flexibility index (Phi) is 6.34. The second-order valence-corrected chi connectivity index (χ2v) is 5.48. The number of para-hydroxylation sites is 1. The normalized spacial score (nSPS) is 17.3. The van der Waals surface area contributed by atoms with Crippen LogP contribution in [0.3, 0.4) is 0 Å². The smallest absolute Gasteiger partial charge is 0.124 e. The summed E-state index contributed by atoms with van der Waals surface area (Å²) in [5, 5.41) is 3.48. The summed E-state index contributed by atoms with van der Waals surface area (Å²) in [6.07, 6.45) is 6.62. The molecule has 1 aliphatic carbocycles. The van der Waals surface area contributed by atoms with Crippen LogP contribution in [0, 0.1) is 0 Å². The SMILES string of the molecule is CCCNCC(OC1CCCC1)c1ccccc1OC. The van der Waals surface area contributed by atoms with Crippen LogP contribution in [0.15, 0.2) is 24.3 Å². The summed E-state index contributed by atoms with van der Waals surface area (Å²) in [4.78, 5) is 0. The number of nitrogens with one attached hydrogen (secondary N) is 1. The molecule has 2 rings (SSSR count). The Labute approximate surface area is 122 Å². The minimum atomic E-state index is 0.0841. The van der Waals surface area contributed by atoms with Crippen molar-refractivity contribution in [2.75, 3.05) is 20.2 Å². The van der Waals surface area contributed by atoms with Crippen LogP contribution in [0.5, 0.6) is 5.75 Å². The Morgan fingerprint density at radius 2 is 2.00 bits per heavy atom. The zero-order valence-corrected chi connectivity index (χ0v) is 12.7. The molecule has 3 nitrogen and oxygen atoms in total. The van der Waals surface area contributed by atoms with E-state index in [1.807, 2.05) is 12.1 Å². The minimum Gasteiger partial charge on any atom is -0.496 e. The highest BCUT2D eigenvalue weighted by molar-refractivity contribution is 5.35. The monoisotopic (exact) mass is 277 g/mol. The number of hydrogen-bond donors (Lipinski definition) is 1. The van der Waals surface area contributed by atoms with E-state index < -0.39 is 0 Å². The molecule has 0 heterocycles. The van der Waals surface area contributed by atoms with Gasteiger partial charge in [-0.15, -0.1) is 0 Å². The molecule has 1 unspecified atom stereocenters. The van der Waals surface area contributed by atoms with Crippen LogP contribution in [0.2, 0.25) is 0 Å². The number of hydrogen-bond acceptors (Lipinski definition) is 3. The number of methoxy groups -OCH3 is 1. The van der Waals surface area contributed by atoms with E-state index in [4.69, 9.17) is 9.47 Å². The van der Waals surface area contributed by atoms with Gasteiger partial charge in [0, 0.05) is 12.1 Å². The fourth-order valence-electron chi connectivity index (χ4n) is 2.83. The van der Waals surface area contributed by atoms with Gasteiger partial charge in [-0.3, -0.25) is 0 Å². The van der Waals surface area contributed by atoms with E-state index >= 15 is 0 Å². The Morgan fingerprint density at radius 1 is 1.25 bits per heavy atom. The summed E-state index contributed by atoms with van der Waals surface area (Å²) >= 11 is 0. The van der Waals surface area contributed by atoms with Gasteiger partial charge in [0.25, 0.3) is 0 Å². The molecule has 1 saturated carbocycles. The molecule has 0 bridgehead atoms. The molecular formula is C17H27NO2. The summed E-state index contributed by atoms with van der Waals surface area (Å²) in [6.45, 7) is 4.06. The van der Waals surface area contributed by atoms with Gasteiger partial charge in [0.05, 0.1) is 19.3 Å². The van der Waals surface area contributed by atoms with Crippen LogP contribution >= 0.6 is 0 Å². The molecular weight excluding hydrogens is 250 g/mol. The van der Waals surface area contributed by atoms with Crippen molar-refractivity contribution in [3.8, 4) is 5.75 Å². The molecule has 0 radical (unpaired) electrons. The molecule has 1 fully saturated rings. The van der Waals surface area contributed by atoms with Crippen molar-refractivity contribution in [3.63, 3.8) is 0 Å². The lowest BCUT2D eigenvalue weighted by Gasteiger charge is -2.24. The maximum atomic E-state index is 6.34. The van der Waals surface area contributed by atoms with Gasteiger partial charge in [0.2, 0.25) is 0 Å². The van der Waals surface area contributed by atoms with Crippen LogP contribution in [-0.2, 0) is 4.74 Å². The maximum Gasteiger partial charge on any atom is 0.124 e. The second kappa shape index (κ2) is 8.28. The quantitative estimate of drug-likeness (QED) is 0.735. The second-order valence-electron chi connectivity index (χ2n) is 5.48. The third kappa shape index (κ3) is 4.22. The molecule has 0 amide bonds. The zero-order chi connectivity index (χ0) is 14.2. The van der Waals surface area contributed by atoms with Gasteiger partial charge in [0.15, 0.2) is 0 Å². The lowest BCUT2D eigenvalue weighted by molar-refractivity contribution is -0.00968. The van der Waals surface area contributed by atoms with E-state index in [1.165, 1.54) is 25.7 Å². The molecule has 112 valence electrons. The first kappa shape index (κ1) is 15.3. The van der Waals surface area contributed by atoms with Crippen LogP contribution < -0.4 is 10.1 Å². The highest BCUT2D eigenvalue weighted by Gasteiger charge is 2.23. The average Bonchev–Trinajstić information content (AvgIpc) is 2.99. The molecule has 0 aliphatic heterocycles. The fourth-order valence-corrected chi connectivity index (χ4v) is 2.83. The van der Waals surface area contributed by atoms with E-state index in [2.05, 4.69) is 24.4 Å². The van der Waals surface area contributed by atoms with E-state index in [9.17, 15) is 0 Å². The van der Waals surface area contributed by atoms with Gasteiger partial charge < -0.3 is 14.8 Å². The molecule has 3 heteroatoms. The van der Waals surface area contributed by atoms with Crippen LogP contribution in [-0.4, -0.2) is 26.3 Å². The lowest BCUT2D eigenvalue weighted by Crippen LogP contribution is -2.27. The van der Waals surface area contributed by atoms with Gasteiger partial charge in [-0.25, -0.2) is 0 Å². The van der Waals surface area contributed by atoms with Gasteiger partial charge in [-0.2, -0.15) is 0 Å². The number of benzene rings is 1. The molecule has 0 aromatic heterocycles. The summed E-state index contributed by atoms with van der Waals surface area (Å²) in [5.74, 6) is 0.925. The van der Waals surface area contributed by atoms with Gasteiger partial charge in [-0.05, 0) is 31.9 Å². The van der Waals surface area contributed by atoms with Crippen molar-refractivity contribution in [2.45, 2.75) is 51.2 Å². The van der Waals surface area contributed by atoms with Crippen molar-refractivity contribution < 1.29 is 9.47 Å². The first-order valence-corrected chi connectivity index (χ1v) is 7.84. The van der Waals surface area contributed by atoms with Crippen molar-refractivity contribution in [2.24, 2.45) is 0 Å². The standard InChI is InChI=1S/C17H27NO2/c1-3-12-18-13-17(20-14-8-4-5-9-14)15-10-6-7-11-16(15)19-2/h6-7,10-11,14,17-18H,3-5,8-9,12-13H2,1-2H3. The molecule has 1 aromatic rings. The highest BCUT2D eigenvalue weighted by atomic mass is 16.5. The molecule has 1 N–H and O–H groups in total. The van der Waals surface area contributed by atoms with Gasteiger partial charge in [0.1, 0.15) is 5.75 Å². The molecule has 0 saturated heterocycles. The topological polar surface area (TPSA) is 30.5 Å². The fraction of sp³-hybridized carbons (Fsp3) is 0.647. The number of rotatable bonds is 8. The molecule has 1 aliphatic rings. The summed E-state index contributed by atoms with van der Waals surface area (Å²) in [5.41, 5.74) is 1.16. The van der Waals surface area contributed by atoms with E-state index in [-0.39, 0.29) is 6.10 Å². The van der Waals surface area contributed by atoms with Gasteiger partial charge in [-0.1, -0.05) is 38.0 Å². The van der Waals surface area contributed by atoms with E-state index in [1.54, 1.807) is 7.11 Å². The van der Waals surface area contributed by atoms with E-state index in [0.717, 1.165) is 30.8 Å².